The second kappa shape index (κ2) is 6.46. The van der Waals surface area contributed by atoms with Crippen molar-refractivity contribution in [2.45, 2.75) is 45.2 Å². The van der Waals surface area contributed by atoms with E-state index in [1.807, 2.05) is 0 Å². The van der Waals surface area contributed by atoms with Crippen LogP contribution in [0, 0.1) is 5.92 Å². The van der Waals surface area contributed by atoms with Crippen LogP contribution in [0.25, 0.3) is 0 Å². The van der Waals surface area contributed by atoms with E-state index in [0.29, 0.717) is 12.1 Å². The molecule has 1 rings (SSSR count). The van der Waals surface area contributed by atoms with E-state index in [4.69, 9.17) is 10.5 Å². The highest BCUT2D eigenvalue weighted by molar-refractivity contribution is 4.91. The van der Waals surface area contributed by atoms with Crippen molar-refractivity contribution < 1.29 is 4.74 Å². The Hall–Kier alpha value is -0.120. The molecule has 0 heterocycles. The highest BCUT2D eigenvalue weighted by Gasteiger charge is 2.35. The Morgan fingerprint density at radius 3 is 2.60 bits per heavy atom. The lowest BCUT2D eigenvalue weighted by molar-refractivity contribution is 0.0159. The maximum atomic E-state index is 5.77. The third-order valence-electron chi connectivity index (χ3n) is 3.82. The average molecular weight is 214 g/mol. The van der Waals surface area contributed by atoms with Gasteiger partial charge in [-0.1, -0.05) is 6.92 Å². The van der Waals surface area contributed by atoms with Gasteiger partial charge >= 0.3 is 0 Å². The van der Waals surface area contributed by atoms with Crippen LogP contribution in [0.3, 0.4) is 0 Å². The van der Waals surface area contributed by atoms with Gasteiger partial charge in [-0.15, -0.1) is 0 Å². The largest absolute Gasteiger partial charge is 0.383 e. The summed E-state index contributed by atoms with van der Waals surface area (Å²) in [5, 5.41) is 0. The van der Waals surface area contributed by atoms with Crippen molar-refractivity contribution in [2.24, 2.45) is 11.7 Å². The molecule has 0 spiro atoms. The van der Waals surface area contributed by atoms with Gasteiger partial charge in [0.05, 0.1) is 6.61 Å². The summed E-state index contributed by atoms with van der Waals surface area (Å²) in [4.78, 5) is 2.59. The summed E-state index contributed by atoms with van der Waals surface area (Å²) in [6.07, 6.45) is 3.83. The summed E-state index contributed by atoms with van der Waals surface area (Å²) in [6, 6.07) is 1.36. The Balaban J connectivity index is 2.47. The molecule has 0 aromatic rings. The maximum Gasteiger partial charge on any atom is 0.0589 e. The van der Waals surface area contributed by atoms with E-state index < -0.39 is 0 Å². The van der Waals surface area contributed by atoms with Crippen molar-refractivity contribution in [1.29, 1.82) is 0 Å². The van der Waals surface area contributed by atoms with Gasteiger partial charge in [-0.3, -0.25) is 4.90 Å². The molecule has 1 aliphatic carbocycles. The van der Waals surface area contributed by atoms with E-state index in [1.165, 1.54) is 19.3 Å². The number of hydrogen-bond acceptors (Lipinski definition) is 3. The zero-order chi connectivity index (χ0) is 11.3. The van der Waals surface area contributed by atoms with E-state index in [9.17, 15) is 0 Å². The Morgan fingerprint density at radius 1 is 1.47 bits per heavy atom. The second-order valence-corrected chi connectivity index (χ2v) is 4.63. The number of rotatable bonds is 7. The molecule has 3 heteroatoms. The Bertz CT molecular complexity index is 173. The number of methoxy groups -OCH3 is 1. The standard InChI is InChI=1S/C12H26N2O/c1-4-10(2)14(7-8-15-3)12-6-5-11(12)9-13/h10-12H,4-9,13H2,1-3H3. The molecular formula is C12H26N2O. The molecule has 15 heavy (non-hydrogen) atoms. The fourth-order valence-electron chi connectivity index (χ4n) is 2.41. The molecule has 3 nitrogen and oxygen atoms in total. The lowest BCUT2D eigenvalue weighted by Gasteiger charge is -2.46. The normalized spacial score (nSPS) is 27.8. The van der Waals surface area contributed by atoms with Crippen molar-refractivity contribution in [3.63, 3.8) is 0 Å². The molecule has 0 saturated heterocycles. The van der Waals surface area contributed by atoms with Gasteiger partial charge in [-0.05, 0) is 38.6 Å². The van der Waals surface area contributed by atoms with Crippen LogP contribution in [-0.4, -0.2) is 43.8 Å². The first-order chi connectivity index (χ1) is 7.24. The van der Waals surface area contributed by atoms with Gasteiger partial charge in [-0.25, -0.2) is 0 Å². The van der Waals surface area contributed by atoms with Gasteiger partial charge in [-0.2, -0.15) is 0 Å². The van der Waals surface area contributed by atoms with Crippen LogP contribution in [0.4, 0.5) is 0 Å². The highest BCUT2D eigenvalue weighted by Crippen LogP contribution is 2.32. The minimum atomic E-state index is 0.652. The number of hydrogen-bond donors (Lipinski definition) is 1. The Kier molecular flexibility index (Phi) is 5.58. The van der Waals surface area contributed by atoms with E-state index in [1.54, 1.807) is 7.11 Å². The van der Waals surface area contributed by atoms with E-state index in [0.717, 1.165) is 25.6 Å². The van der Waals surface area contributed by atoms with Crippen molar-refractivity contribution in [2.75, 3.05) is 26.8 Å². The Labute approximate surface area is 94.0 Å². The van der Waals surface area contributed by atoms with Gasteiger partial charge in [0.25, 0.3) is 0 Å². The smallest absolute Gasteiger partial charge is 0.0589 e. The summed E-state index contributed by atoms with van der Waals surface area (Å²) in [6.45, 7) is 7.28. The highest BCUT2D eigenvalue weighted by atomic mass is 16.5. The third kappa shape index (κ3) is 3.16. The summed E-state index contributed by atoms with van der Waals surface area (Å²) < 4.78 is 5.18. The molecule has 0 aromatic carbocycles. The van der Waals surface area contributed by atoms with Crippen LogP contribution < -0.4 is 5.73 Å². The predicted molar refractivity (Wildman–Crippen MR) is 63.9 cm³/mol. The minimum absolute atomic E-state index is 0.652. The lowest BCUT2D eigenvalue weighted by atomic mass is 9.78. The lowest BCUT2D eigenvalue weighted by Crippen LogP contribution is -2.53. The summed E-state index contributed by atoms with van der Waals surface area (Å²) in [5.74, 6) is 0.718. The van der Waals surface area contributed by atoms with Gasteiger partial charge in [0, 0.05) is 25.7 Å². The quantitative estimate of drug-likeness (QED) is 0.697. The molecule has 90 valence electrons. The molecule has 1 fully saturated rings. The molecular weight excluding hydrogens is 188 g/mol. The summed E-state index contributed by atoms with van der Waals surface area (Å²) in [5.41, 5.74) is 5.77. The third-order valence-corrected chi connectivity index (χ3v) is 3.82. The fourth-order valence-corrected chi connectivity index (χ4v) is 2.41. The maximum absolute atomic E-state index is 5.77. The molecule has 3 unspecified atom stereocenters. The van der Waals surface area contributed by atoms with Crippen LogP contribution in [-0.2, 0) is 4.74 Å². The molecule has 0 bridgehead atoms. The molecule has 2 N–H and O–H groups in total. The van der Waals surface area contributed by atoms with E-state index in [2.05, 4.69) is 18.7 Å². The van der Waals surface area contributed by atoms with Crippen molar-refractivity contribution >= 4 is 0 Å². The van der Waals surface area contributed by atoms with E-state index >= 15 is 0 Å². The fraction of sp³-hybridized carbons (Fsp3) is 1.00. The van der Waals surface area contributed by atoms with Crippen molar-refractivity contribution in [3.05, 3.63) is 0 Å². The molecule has 0 amide bonds. The van der Waals surface area contributed by atoms with Gasteiger partial charge < -0.3 is 10.5 Å². The zero-order valence-corrected chi connectivity index (χ0v) is 10.4. The van der Waals surface area contributed by atoms with Crippen LogP contribution in [0.2, 0.25) is 0 Å². The average Bonchev–Trinajstić information content (AvgIpc) is 2.21. The van der Waals surface area contributed by atoms with Crippen LogP contribution in [0.5, 0.6) is 0 Å². The first-order valence-electron chi connectivity index (χ1n) is 6.19. The monoisotopic (exact) mass is 214 g/mol. The number of ether oxygens (including phenoxy) is 1. The van der Waals surface area contributed by atoms with Crippen molar-refractivity contribution in [1.82, 2.24) is 4.90 Å². The van der Waals surface area contributed by atoms with Gasteiger partial charge in [0.2, 0.25) is 0 Å². The number of nitrogens with two attached hydrogens (primary N) is 1. The molecule has 3 atom stereocenters. The SMILES string of the molecule is CCC(C)N(CCOC)C1CCC1CN. The molecule has 1 aliphatic rings. The van der Waals surface area contributed by atoms with Crippen LogP contribution in [0.15, 0.2) is 0 Å². The first kappa shape index (κ1) is 12.9. The molecule has 0 radical (unpaired) electrons. The second-order valence-electron chi connectivity index (χ2n) is 4.63. The van der Waals surface area contributed by atoms with Gasteiger partial charge in [0.15, 0.2) is 0 Å². The van der Waals surface area contributed by atoms with Crippen LogP contribution in [0.1, 0.15) is 33.1 Å². The molecule has 0 aliphatic heterocycles. The number of nitrogens with zero attached hydrogens (tertiary/aromatic N) is 1. The van der Waals surface area contributed by atoms with E-state index in [-0.39, 0.29) is 0 Å². The Morgan fingerprint density at radius 2 is 2.20 bits per heavy atom. The summed E-state index contributed by atoms with van der Waals surface area (Å²) in [7, 11) is 1.77. The topological polar surface area (TPSA) is 38.5 Å². The summed E-state index contributed by atoms with van der Waals surface area (Å²) >= 11 is 0. The van der Waals surface area contributed by atoms with Crippen molar-refractivity contribution in [3.8, 4) is 0 Å². The van der Waals surface area contributed by atoms with Crippen LogP contribution >= 0.6 is 0 Å². The zero-order valence-electron chi connectivity index (χ0n) is 10.4. The van der Waals surface area contributed by atoms with Gasteiger partial charge in [0.1, 0.15) is 0 Å². The first-order valence-corrected chi connectivity index (χ1v) is 6.19. The molecule has 0 aromatic heterocycles. The minimum Gasteiger partial charge on any atom is -0.383 e. The predicted octanol–water partition coefficient (Wildman–Crippen LogP) is 1.47. The molecule has 1 saturated carbocycles.